The molecule has 0 saturated carbocycles. The van der Waals surface area contributed by atoms with Crippen LogP contribution in [0.15, 0.2) is 42.5 Å². The summed E-state index contributed by atoms with van der Waals surface area (Å²) in [5, 5.41) is 10.4. The van der Waals surface area contributed by atoms with Crippen molar-refractivity contribution in [1.82, 2.24) is 15.6 Å². The molecule has 0 saturated heterocycles. The normalized spacial score (nSPS) is 20.0. The number of fused-ring (bicyclic) bond motifs is 4. The van der Waals surface area contributed by atoms with Crippen LogP contribution in [-0.2, 0) is 16.0 Å². The van der Waals surface area contributed by atoms with Crippen molar-refractivity contribution in [2.75, 3.05) is 5.32 Å². The molecule has 0 spiro atoms. The molecular formula is C24H23ClN4O3. The summed E-state index contributed by atoms with van der Waals surface area (Å²) in [5.41, 5.74) is 4.00. The summed E-state index contributed by atoms with van der Waals surface area (Å²) < 4.78 is 0. The zero-order valence-corrected chi connectivity index (χ0v) is 18.1. The van der Waals surface area contributed by atoms with Gasteiger partial charge in [-0.2, -0.15) is 0 Å². The first-order valence-corrected chi connectivity index (χ1v) is 11.2. The van der Waals surface area contributed by atoms with Crippen LogP contribution in [0.25, 0.3) is 10.9 Å². The number of aryl methyl sites for hydroxylation is 1. The molecule has 7 nitrogen and oxygen atoms in total. The summed E-state index contributed by atoms with van der Waals surface area (Å²) in [6.45, 7) is 0. The van der Waals surface area contributed by atoms with Gasteiger partial charge in [0.2, 0.25) is 11.8 Å². The highest BCUT2D eigenvalue weighted by Crippen LogP contribution is 2.37. The quantitative estimate of drug-likeness (QED) is 0.485. The Bertz CT molecular complexity index is 1240. The summed E-state index contributed by atoms with van der Waals surface area (Å²) in [7, 11) is 0. The van der Waals surface area contributed by atoms with Crippen LogP contribution in [0.2, 0.25) is 5.02 Å². The highest BCUT2D eigenvalue weighted by molar-refractivity contribution is 6.35. The van der Waals surface area contributed by atoms with E-state index in [2.05, 4.69) is 20.9 Å². The Morgan fingerprint density at radius 3 is 2.84 bits per heavy atom. The summed E-state index contributed by atoms with van der Waals surface area (Å²) in [5.74, 6) is -0.797. The minimum atomic E-state index is -0.769. The smallest absolute Gasteiger partial charge is 0.254 e. The maximum Gasteiger partial charge on any atom is 0.254 e. The number of para-hydroxylation sites is 2. The van der Waals surface area contributed by atoms with Crippen LogP contribution in [0.4, 0.5) is 5.69 Å². The zero-order valence-electron chi connectivity index (χ0n) is 17.3. The van der Waals surface area contributed by atoms with Gasteiger partial charge in [-0.3, -0.25) is 14.4 Å². The number of benzene rings is 2. The number of carbonyl (C=O) groups excluding carboxylic acids is 3. The number of anilines is 1. The van der Waals surface area contributed by atoms with Gasteiger partial charge in [-0.1, -0.05) is 35.9 Å². The second-order valence-corrected chi connectivity index (χ2v) is 8.70. The Labute approximate surface area is 189 Å². The Morgan fingerprint density at radius 2 is 1.97 bits per heavy atom. The van der Waals surface area contributed by atoms with Crippen LogP contribution >= 0.6 is 11.6 Å². The summed E-state index contributed by atoms with van der Waals surface area (Å²) in [4.78, 5) is 41.2. The third-order valence-electron chi connectivity index (χ3n) is 6.24. The van der Waals surface area contributed by atoms with Gasteiger partial charge in [-0.25, -0.2) is 0 Å². The van der Waals surface area contributed by atoms with E-state index in [1.165, 1.54) is 5.56 Å². The number of H-pyrrole nitrogens is 1. The fourth-order valence-electron chi connectivity index (χ4n) is 4.65. The van der Waals surface area contributed by atoms with Crippen LogP contribution < -0.4 is 16.0 Å². The van der Waals surface area contributed by atoms with Gasteiger partial charge in [-0.15, -0.1) is 0 Å². The number of hydrogen-bond donors (Lipinski definition) is 4. The molecule has 1 aromatic heterocycles. The van der Waals surface area contributed by atoms with Gasteiger partial charge in [0.05, 0.1) is 27.8 Å². The number of carbonyl (C=O) groups is 3. The largest absolute Gasteiger partial charge is 0.355 e. The minimum absolute atomic E-state index is 0.127. The van der Waals surface area contributed by atoms with Crippen molar-refractivity contribution in [2.45, 2.75) is 44.2 Å². The molecule has 1 aliphatic heterocycles. The molecule has 3 amide bonds. The van der Waals surface area contributed by atoms with Crippen molar-refractivity contribution in [3.63, 3.8) is 0 Å². The molecule has 1 aliphatic carbocycles. The lowest BCUT2D eigenvalue weighted by Gasteiger charge is -2.24. The standard InChI is InChI=1S/C24H23ClN4O3/c25-16-8-3-6-13-14-7-4-10-18(22(14)29-21(13)16)26-20(30)12-11-19-24(32)27-17-9-2-1-5-15(17)23(31)28-19/h1-3,5-6,8-9,18-19,29H,4,7,10-12H2,(H,26,30)(H,27,32)(H,28,31)/t18-,19-/m0/s1. The predicted molar refractivity (Wildman–Crippen MR) is 123 cm³/mol. The second-order valence-electron chi connectivity index (χ2n) is 8.29. The van der Waals surface area contributed by atoms with E-state index in [0.29, 0.717) is 16.3 Å². The first kappa shape index (κ1) is 20.6. The molecular weight excluding hydrogens is 428 g/mol. The number of amides is 3. The van der Waals surface area contributed by atoms with E-state index in [-0.39, 0.29) is 36.6 Å². The van der Waals surface area contributed by atoms with E-state index in [4.69, 9.17) is 11.6 Å². The molecule has 164 valence electrons. The molecule has 0 unspecified atom stereocenters. The summed E-state index contributed by atoms with van der Waals surface area (Å²) >= 11 is 6.35. The molecule has 0 fully saturated rings. The van der Waals surface area contributed by atoms with Crippen LogP contribution in [-0.4, -0.2) is 28.7 Å². The van der Waals surface area contributed by atoms with Crippen molar-refractivity contribution >= 4 is 45.9 Å². The maximum absolute atomic E-state index is 12.7. The number of rotatable bonds is 4. The summed E-state index contributed by atoms with van der Waals surface area (Å²) in [6, 6.07) is 11.8. The molecule has 4 N–H and O–H groups in total. The average molecular weight is 451 g/mol. The lowest BCUT2D eigenvalue weighted by Crippen LogP contribution is -2.42. The Balaban J connectivity index is 1.26. The molecule has 5 rings (SSSR count). The van der Waals surface area contributed by atoms with Gasteiger partial charge in [-0.05, 0) is 49.4 Å². The van der Waals surface area contributed by atoms with Crippen LogP contribution in [0.5, 0.6) is 0 Å². The van der Waals surface area contributed by atoms with Gasteiger partial charge in [0, 0.05) is 17.5 Å². The van der Waals surface area contributed by atoms with E-state index in [9.17, 15) is 14.4 Å². The van der Waals surface area contributed by atoms with Crippen molar-refractivity contribution < 1.29 is 14.4 Å². The van der Waals surface area contributed by atoms with Crippen molar-refractivity contribution in [3.8, 4) is 0 Å². The van der Waals surface area contributed by atoms with Crippen molar-refractivity contribution in [3.05, 3.63) is 64.3 Å². The van der Waals surface area contributed by atoms with Crippen LogP contribution in [0, 0.1) is 0 Å². The third-order valence-corrected chi connectivity index (χ3v) is 6.55. The maximum atomic E-state index is 12.7. The Kier molecular flexibility index (Phi) is 5.35. The van der Waals surface area contributed by atoms with Crippen LogP contribution in [0.3, 0.4) is 0 Å². The SMILES string of the molecule is O=C(CC[C@@H]1NC(=O)c2ccccc2NC1=O)N[C@H]1CCCc2c1[nH]c1c(Cl)cccc21. The number of aromatic nitrogens is 1. The van der Waals surface area contributed by atoms with Gasteiger partial charge in [0.1, 0.15) is 6.04 Å². The molecule has 2 aliphatic rings. The first-order chi connectivity index (χ1) is 15.5. The van der Waals surface area contributed by atoms with Gasteiger partial charge in [0.25, 0.3) is 5.91 Å². The van der Waals surface area contributed by atoms with E-state index in [1.807, 2.05) is 18.2 Å². The lowest BCUT2D eigenvalue weighted by molar-refractivity contribution is -0.122. The van der Waals surface area contributed by atoms with E-state index in [1.54, 1.807) is 24.3 Å². The Morgan fingerprint density at radius 1 is 1.12 bits per heavy atom. The Hall–Kier alpha value is -3.32. The number of halogens is 1. The van der Waals surface area contributed by atoms with Gasteiger partial charge < -0.3 is 20.9 Å². The van der Waals surface area contributed by atoms with E-state index < -0.39 is 6.04 Å². The molecule has 3 aromatic rings. The molecule has 2 atom stereocenters. The number of nitrogens with one attached hydrogen (secondary N) is 4. The average Bonchev–Trinajstić information content (AvgIpc) is 3.12. The highest BCUT2D eigenvalue weighted by Gasteiger charge is 2.29. The fraction of sp³-hybridized carbons (Fsp3) is 0.292. The van der Waals surface area contributed by atoms with Crippen LogP contribution in [0.1, 0.15) is 53.3 Å². The molecule has 0 radical (unpaired) electrons. The fourth-order valence-corrected chi connectivity index (χ4v) is 4.87. The van der Waals surface area contributed by atoms with Crippen molar-refractivity contribution in [2.24, 2.45) is 0 Å². The van der Waals surface area contributed by atoms with E-state index >= 15 is 0 Å². The second kappa shape index (κ2) is 8.31. The molecule has 8 heteroatoms. The number of aromatic amines is 1. The van der Waals surface area contributed by atoms with Gasteiger partial charge >= 0.3 is 0 Å². The molecule has 32 heavy (non-hydrogen) atoms. The molecule has 2 heterocycles. The summed E-state index contributed by atoms with van der Waals surface area (Å²) in [6.07, 6.45) is 3.09. The lowest BCUT2D eigenvalue weighted by atomic mass is 9.91. The first-order valence-electron chi connectivity index (χ1n) is 10.8. The predicted octanol–water partition coefficient (Wildman–Crippen LogP) is 3.85. The zero-order chi connectivity index (χ0) is 22.2. The number of hydrogen-bond acceptors (Lipinski definition) is 3. The van der Waals surface area contributed by atoms with Crippen molar-refractivity contribution in [1.29, 1.82) is 0 Å². The topological polar surface area (TPSA) is 103 Å². The highest BCUT2D eigenvalue weighted by atomic mass is 35.5. The third kappa shape index (κ3) is 3.73. The van der Waals surface area contributed by atoms with Gasteiger partial charge in [0.15, 0.2) is 0 Å². The molecule has 2 aromatic carbocycles. The minimum Gasteiger partial charge on any atom is -0.355 e. The monoisotopic (exact) mass is 450 g/mol. The molecule has 0 bridgehead atoms. The van der Waals surface area contributed by atoms with E-state index in [0.717, 1.165) is 35.9 Å².